The maximum absolute atomic E-state index is 13.0. The first-order valence-electron chi connectivity index (χ1n) is 9.20. The first-order valence-corrected chi connectivity index (χ1v) is 9.99. The van der Waals surface area contributed by atoms with Gasteiger partial charge in [-0.25, -0.2) is 0 Å². The SMILES string of the molecule is CN(Cc1ccccc1)C(=O)c1ccccc1NC(=S)NC(=O)c1ccc(Cl)cc1. The second kappa shape index (κ2) is 10.0. The maximum Gasteiger partial charge on any atom is 0.257 e. The second-order valence-electron chi connectivity index (χ2n) is 6.61. The second-order valence-corrected chi connectivity index (χ2v) is 7.45. The van der Waals surface area contributed by atoms with Gasteiger partial charge in [0, 0.05) is 24.2 Å². The third kappa shape index (κ3) is 5.65. The quantitative estimate of drug-likeness (QED) is 0.566. The average molecular weight is 438 g/mol. The van der Waals surface area contributed by atoms with Crippen molar-refractivity contribution in [3.63, 3.8) is 0 Å². The van der Waals surface area contributed by atoms with Gasteiger partial charge in [-0.05, 0) is 54.2 Å². The molecule has 0 aliphatic rings. The van der Waals surface area contributed by atoms with E-state index in [0.29, 0.717) is 28.4 Å². The molecule has 0 heterocycles. The van der Waals surface area contributed by atoms with Crippen LogP contribution in [-0.2, 0) is 6.54 Å². The summed E-state index contributed by atoms with van der Waals surface area (Å²) in [6.07, 6.45) is 0. The summed E-state index contributed by atoms with van der Waals surface area (Å²) >= 11 is 11.1. The van der Waals surface area contributed by atoms with Gasteiger partial charge >= 0.3 is 0 Å². The molecular formula is C23H20ClN3O2S. The molecule has 152 valence electrons. The Kier molecular flexibility index (Phi) is 7.17. The highest BCUT2D eigenvalue weighted by Crippen LogP contribution is 2.18. The lowest BCUT2D eigenvalue weighted by Crippen LogP contribution is -2.35. The predicted molar refractivity (Wildman–Crippen MR) is 124 cm³/mol. The summed E-state index contributed by atoms with van der Waals surface area (Å²) in [5.41, 5.74) is 2.43. The number of rotatable bonds is 5. The van der Waals surface area contributed by atoms with E-state index in [-0.39, 0.29) is 16.9 Å². The fraction of sp³-hybridized carbons (Fsp3) is 0.0870. The lowest BCUT2D eigenvalue weighted by molar-refractivity contribution is 0.0786. The molecule has 0 saturated carbocycles. The minimum atomic E-state index is -0.367. The van der Waals surface area contributed by atoms with E-state index in [9.17, 15) is 9.59 Å². The van der Waals surface area contributed by atoms with Crippen LogP contribution in [0, 0.1) is 0 Å². The zero-order chi connectivity index (χ0) is 21.5. The molecule has 3 aromatic carbocycles. The van der Waals surface area contributed by atoms with Crippen molar-refractivity contribution >= 4 is 46.4 Å². The van der Waals surface area contributed by atoms with E-state index in [2.05, 4.69) is 10.6 Å². The Hall–Kier alpha value is -3.22. The van der Waals surface area contributed by atoms with Crippen LogP contribution in [0.15, 0.2) is 78.9 Å². The minimum absolute atomic E-state index is 0.0981. The highest BCUT2D eigenvalue weighted by molar-refractivity contribution is 7.80. The number of carbonyl (C=O) groups excluding carboxylic acids is 2. The van der Waals surface area contributed by atoms with Gasteiger partial charge in [-0.15, -0.1) is 0 Å². The van der Waals surface area contributed by atoms with Gasteiger partial charge in [0.25, 0.3) is 11.8 Å². The number of benzene rings is 3. The van der Waals surface area contributed by atoms with Crippen LogP contribution in [0.25, 0.3) is 0 Å². The van der Waals surface area contributed by atoms with Crippen LogP contribution >= 0.6 is 23.8 Å². The van der Waals surface area contributed by atoms with Gasteiger partial charge in [0.15, 0.2) is 5.11 Å². The van der Waals surface area contributed by atoms with Gasteiger partial charge < -0.3 is 10.2 Å². The van der Waals surface area contributed by atoms with E-state index in [1.54, 1.807) is 60.5 Å². The average Bonchev–Trinajstić information content (AvgIpc) is 2.74. The highest BCUT2D eigenvalue weighted by atomic mass is 35.5. The lowest BCUT2D eigenvalue weighted by atomic mass is 10.1. The van der Waals surface area contributed by atoms with E-state index < -0.39 is 0 Å². The van der Waals surface area contributed by atoms with Crippen LogP contribution < -0.4 is 10.6 Å². The van der Waals surface area contributed by atoms with Crippen LogP contribution in [0.3, 0.4) is 0 Å². The molecule has 3 aromatic rings. The summed E-state index contributed by atoms with van der Waals surface area (Å²) in [5, 5.41) is 6.20. The normalized spacial score (nSPS) is 10.2. The van der Waals surface area contributed by atoms with Crippen molar-refractivity contribution in [3.8, 4) is 0 Å². The molecule has 7 heteroatoms. The monoisotopic (exact) mass is 437 g/mol. The van der Waals surface area contributed by atoms with Crippen LogP contribution in [0.4, 0.5) is 5.69 Å². The number of halogens is 1. The van der Waals surface area contributed by atoms with E-state index >= 15 is 0 Å². The first-order chi connectivity index (χ1) is 14.4. The Bertz CT molecular complexity index is 1060. The Morgan fingerprint density at radius 2 is 1.57 bits per heavy atom. The third-order valence-corrected chi connectivity index (χ3v) is 4.80. The summed E-state index contributed by atoms with van der Waals surface area (Å²) in [5.74, 6) is -0.525. The number of thiocarbonyl (C=S) groups is 1. The van der Waals surface area contributed by atoms with Gasteiger partial charge in [0.2, 0.25) is 0 Å². The molecule has 2 N–H and O–H groups in total. The van der Waals surface area contributed by atoms with Crippen molar-refractivity contribution in [3.05, 3.63) is 101 Å². The van der Waals surface area contributed by atoms with Gasteiger partial charge in [-0.1, -0.05) is 54.1 Å². The van der Waals surface area contributed by atoms with E-state index in [0.717, 1.165) is 5.56 Å². The number of hydrogen-bond acceptors (Lipinski definition) is 3. The molecule has 0 saturated heterocycles. The van der Waals surface area contributed by atoms with Gasteiger partial charge in [0.1, 0.15) is 0 Å². The van der Waals surface area contributed by atoms with Crippen molar-refractivity contribution in [1.82, 2.24) is 10.2 Å². The predicted octanol–water partition coefficient (Wildman–Crippen LogP) is 4.74. The van der Waals surface area contributed by atoms with E-state index in [1.165, 1.54) is 0 Å². The lowest BCUT2D eigenvalue weighted by Gasteiger charge is -2.20. The summed E-state index contributed by atoms with van der Waals surface area (Å²) in [6, 6.07) is 23.2. The van der Waals surface area contributed by atoms with Crippen molar-refractivity contribution in [2.24, 2.45) is 0 Å². The van der Waals surface area contributed by atoms with Gasteiger partial charge in [-0.3, -0.25) is 14.9 Å². The molecule has 0 aliphatic carbocycles. The summed E-state index contributed by atoms with van der Waals surface area (Å²) in [7, 11) is 1.74. The van der Waals surface area contributed by atoms with Crippen LogP contribution in [-0.4, -0.2) is 28.9 Å². The number of carbonyl (C=O) groups is 2. The zero-order valence-electron chi connectivity index (χ0n) is 16.3. The highest BCUT2D eigenvalue weighted by Gasteiger charge is 2.17. The Morgan fingerprint density at radius 3 is 2.27 bits per heavy atom. The molecule has 0 bridgehead atoms. The molecule has 0 atom stereocenters. The van der Waals surface area contributed by atoms with Crippen molar-refractivity contribution in [2.45, 2.75) is 6.54 Å². The fourth-order valence-electron chi connectivity index (χ4n) is 2.84. The van der Waals surface area contributed by atoms with Gasteiger partial charge in [0.05, 0.1) is 11.3 Å². The first kappa shape index (κ1) is 21.5. The summed E-state index contributed by atoms with van der Waals surface area (Å²) < 4.78 is 0. The maximum atomic E-state index is 13.0. The summed E-state index contributed by atoms with van der Waals surface area (Å²) in [4.78, 5) is 26.9. The molecule has 0 unspecified atom stereocenters. The smallest absolute Gasteiger partial charge is 0.257 e. The van der Waals surface area contributed by atoms with E-state index in [1.807, 2.05) is 30.3 Å². The molecule has 5 nitrogen and oxygen atoms in total. The number of nitrogens with one attached hydrogen (secondary N) is 2. The number of nitrogens with zero attached hydrogens (tertiary/aromatic N) is 1. The molecule has 3 rings (SSSR count). The molecule has 30 heavy (non-hydrogen) atoms. The van der Waals surface area contributed by atoms with Crippen LogP contribution in [0.2, 0.25) is 5.02 Å². The van der Waals surface area contributed by atoms with Crippen LogP contribution in [0.1, 0.15) is 26.3 Å². The molecule has 0 aromatic heterocycles. The number of amides is 2. The number of anilines is 1. The largest absolute Gasteiger partial charge is 0.337 e. The Morgan fingerprint density at radius 1 is 0.933 bits per heavy atom. The molecule has 0 spiro atoms. The van der Waals surface area contributed by atoms with Crippen molar-refractivity contribution in [2.75, 3.05) is 12.4 Å². The molecule has 0 radical (unpaired) electrons. The minimum Gasteiger partial charge on any atom is -0.337 e. The van der Waals surface area contributed by atoms with Crippen LogP contribution in [0.5, 0.6) is 0 Å². The van der Waals surface area contributed by atoms with Gasteiger partial charge in [-0.2, -0.15) is 0 Å². The Labute approximate surface area is 185 Å². The Balaban J connectivity index is 1.68. The molecule has 0 aliphatic heterocycles. The molecule has 2 amide bonds. The van der Waals surface area contributed by atoms with Crippen molar-refractivity contribution in [1.29, 1.82) is 0 Å². The standard InChI is InChI=1S/C23H20ClN3O2S/c1-27(15-16-7-3-2-4-8-16)22(29)19-9-5-6-10-20(19)25-23(30)26-21(28)17-11-13-18(24)14-12-17/h2-14H,15H2,1H3,(H2,25,26,28,30). The molecule has 0 fully saturated rings. The topological polar surface area (TPSA) is 61.4 Å². The fourth-order valence-corrected chi connectivity index (χ4v) is 3.17. The summed E-state index contributed by atoms with van der Waals surface area (Å²) in [6.45, 7) is 0.478. The van der Waals surface area contributed by atoms with E-state index in [4.69, 9.17) is 23.8 Å². The van der Waals surface area contributed by atoms with Crippen molar-refractivity contribution < 1.29 is 9.59 Å². The third-order valence-electron chi connectivity index (χ3n) is 4.35. The number of hydrogen-bond donors (Lipinski definition) is 2. The number of para-hydroxylation sites is 1. The molecular weight excluding hydrogens is 418 g/mol. The zero-order valence-corrected chi connectivity index (χ0v) is 17.8.